The molecule has 0 aliphatic carbocycles. The van der Waals surface area contributed by atoms with Gasteiger partial charge in [0.25, 0.3) is 5.91 Å². The Balaban J connectivity index is 1.75. The molecule has 2 fully saturated rings. The Morgan fingerprint density at radius 2 is 1.79 bits per heavy atom. The number of nitrogens with zero attached hydrogens (tertiary/aromatic N) is 2. The lowest BCUT2D eigenvalue weighted by molar-refractivity contribution is -0.143. The van der Waals surface area contributed by atoms with Crippen LogP contribution in [0, 0.1) is 5.92 Å². The van der Waals surface area contributed by atoms with Gasteiger partial charge in [0.1, 0.15) is 0 Å². The second-order valence-corrected chi connectivity index (χ2v) is 6.85. The third-order valence-electron chi connectivity index (χ3n) is 4.60. The van der Waals surface area contributed by atoms with Crippen molar-refractivity contribution in [1.82, 2.24) is 4.90 Å². The first-order valence-corrected chi connectivity index (χ1v) is 8.43. The lowest BCUT2D eigenvalue weighted by Gasteiger charge is -2.33. The molecule has 2 saturated heterocycles. The second-order valence-electron chi connectivity index (χ2n) is 6.03. The maximum Gasteiger partial charge on any atom is 0.306 e. The average molecular weight is 371 g/mol. The lowest BCUT2D eigenvalue weighted by atomic mass is 9.96. The SMILES string of the molecule is O=C(O)C1CCN([C@@H]2CC(=O)N(c3ccc(Cl)c(Cl)c3)C2=O)CC1. The van der Waals surface area contributed by atoms with Gasteiger partial charge >= 0.3 is 5.97 Å². The minimum absolute atomic E-state index is 0.0941. The molecule has 6 nitrogen and oxygen atoms in total. The van der Waals surface area contributed by atoms with Crippen LogP contribution < -0.4 is 4.90 Å². The Hall–Kier alpha value is -1.63. The van der Waals surface area contributed by atoms with E-state index in [0.29, 0.717) is 36.6 Å². The molecule has 3 rings (SSSR count). The van der Waals surface area contributed by atoms with Crippen molar-refractivity contribution in [3.05, 3.63) is 28.2 Å². The first-order valence-electron chi connectivity index (χ1n) is 7.67. The molecule has 2 amide bonds. The molecule has 0 spiro atoms. The molecular formula is C16H16Cl2N2O4. The van der Waals surface area contributed by atoms with Gasteiger partial charge in [0.2, 0.25) is 5.91 Å². The highest BCUT2D eigenvalue weighted by molar-refractivity contribution is 6.42. The van der Waals surface area contributed by atoms with Crippen molar-refractivity contribution in [3.8, 4) is 0 Å². The van der Waals surface area contributed by atoms with Crippen LogP contribution in [0.5, 0.6) is 0 Å². The van der Waals surface area contributed by atoms with E-state index >= 15 is 0 Å². The zero-order valence-electron chi connectivity index (χ0n) is 12.7. The molecule has 0 saturated carbocycles. The molecule has 24 heavy (non-hydrogen) atoms. The van der Waals surface area contributed by atoms with Gasteiger partial charge < -0.3 is 5.11 Å². The Morgan fingerprint density at radius 1 is 1.12 bits per heavy atom. The van der Waals surface area contributed by atoms with E-state index in [-0.39, 0.29) is 29.2 Å². The van der Waals surface area contributed by atoms with Gasteiger partial charge in [0.15, 0.2) is 0 Å². The number of rotatable bonds is 3. The van der Waals surface area contributed by atoms with Gasteiger partial charge in [-0.05, 0) is 44.1 Å². The minimum atomic E-state index is -0.805. The van der Waals surface area contributed by atoms with Crippen LogP contribution in [0.25, 0.3) is 0 Å². The Kier molecular flexibility index (Phi) is 4.80. The van der Waals surface area contributed by atoms with Crippen molar-refractivity contribution in [3.63, 3.8) is 0 Å². The number of piperidine rings is 1. The first kappa shape index (κ1) is 17.2. The van der Waals surface area contributed by atoms with Gasteiger partial charge in [0, 0.05) is 0 Å². The van der Waals surface area contributed by atoms with Gasteiger partial charge in [-0.25, -0.2) is 4.90 Å². The van der Waals surface area contributed by atoms with Gasteiger partial charge in [-0.15, -0.1) is 0 Å². The lowest BCUT2D eigenvalue weighted by Crippen LogP contribution is -2.46. The number of likely N-dealkylation sites (tertiary alicyclic amines) is 1. The number of carboxylic acid groups (broad SMARTS) is 1. The molecule has 8 heteroatoms. The maximum atomic E-state index is 12.7. The van der Waals surface area contributed by atoms with Crippen LogP contribution in [-0.4, -0.2) is 46.9 Å². The minimum Gasteiger partial charge on any atom is -0.481 e. The number of hydrogen-bond donors (Lipinski definition) is 1. The number of hydrogen-bond acceptors (Lipinski definition) is 4. The van der Waals surface area contributed by atoms with E-state index in [9.17, 15) is 14.4 Å². The highest BCUT2D eigenvalue weighted by atomic mass is 35.5. The number of carbonyl (C=O) groups excluding carboxylic acids is 2. The largest absolute Gasteiger partial charge is 0.481 e. The fourth-order valence-electron chi connectivity index (χ4n) is 3.25. The Morgan fingerprint density at radius 3 is 2.38 bits per heavy atom. The van der Waals surface area contributed by atoms with Crippen molar-refractivity contribution in [2.75, 3.05) is 18.0 Å². The van der Waals surface area contributed by atoms with Crippen molar-refractivity contribution < 1.29 is 19.5 Å². The number of benzene rings is 1. The number of carbonyl (C=O) groups is 3. The van der Waals surface area contributed by atoms with E-state index in [1.807, 2.05) is 4.90 Å². The highest BCUT2D eigenvalue weighted by Crippen LogP contribution is 2.32. The zero-order valence-corrected chi connectivity index (χ0v) is 14.3. The van der Waals surface area contributed by atoms with Crippen LogP contribution in [-0.2, 0) is 14.4 Å². The number of imide groups is 1. The quantitative estimate of drug-likeness (QED) is 0.826. The van der Waals surface area contributed by atoms with E-state index in [4.69, 9.17) is 28.3 Å². The third kappa shape index (κ3) is 3.14. The molecule has 0 bridgehead atoms. The summed E-state index contributed by atoms with van der Waals surface area (Å²) < 4.78 is 0. The molecular weight excluding hydrogens is 355 g/mol. The molecule has 2 aliphatic heterocycles. The standard InChI is InChI=1S/C16H16Cl2N2O4/c17-11-2-1-10(7-12(11)18)20-14(21)8-13(15(20)22)19-5-3-9(4-6-19)16(23)24/h1-2,7,9,13H,3-6,8H2,(H,23,24)/t13-/m1/s1. The van der Waals surface area contributed by atoms with E-state index in [1.54, 1.807) is 12.1 Å². The topological polar surface area (TPSA) is 77.9 Å². The van der Waals surface area contributed by atoms with Crippen LogP contribution in [0.15, 0.2) is 18.2 Å². The molecule has 1 aromatic rings. The monoisotopic (exact) mass is 370 g/mol. The van der Waals surface area contributed by atoms with Crippen LogP contribution >= 0.6 is 23.2 Å². The summed E-state index contributed by atoms with van der Waals surface area (Å²) in [5, 5.41) is 9.68. The molecule has 128 valence electrons. The summed E-state index contributed by atoms with van der Waals surface area (Å²) in [6.45, 7) is 0.992. The number of amides is 2. The molecule has 1 atom stereocenters. The fraction of sp³-hybridized carbons (Fsp3) is 0.438. The molecule has 0 unspecified atom stereocenters. The summed E-state index contributed by atoms with van der Waals surface area (Å²) >= 11 is 11.8. The van der Waals surface area contributed by atoms with Crippen molar-refractivity contribution in [2.24, 2.45) is 5.92 Å². The third-order valence-corrected chi connectivity index (χ3v) is 5.34. The summed E-state index contributed by atoms with van der Waals surface area (Å²) in [4.78, 5) is 39.1. The summed E-state index contributed by atoms with van der Waals surface area (Å²) in [7, 11) is 0. The Labute approximate surface area is 148 Å². The van der Waals surface area contributed by atoms with Crippen LogP contribution in [0.4, 0.5) is 5.69 Å². The van der Waals surface area contributed by atoms with Crippen molar-refractivity contribution >= 4 is 46.7 Å². The molecule has 2 heterocycles. The molecule has 1 aromatic carbocycles. The molecule has 1 N–H and O–H groups in total. The van der Waals surface area contributed by atoms with E-state index in [0.717, 1.165) is 4.90 Å². The summed E-state index contributed by atoms with van der Waals surface area (Å²) in [6.07, 6.45) is 1.07. The maximum absolute atomic E-state index is 12.7. The van der Waals surface area contributed by atoms with E-state index < -0.39 is 12.0 Å². The summed E-state index contributed by atoms with van der Waals surface area (Å²) in [5.74, 6) is -1.77. The average Bonchev–Trinajstić information content (AvgIpc) is 2.85. The number of anilines is 1. The smallest absolute Gasteiger partial charge is 0.306 e. The van der Waals surface area contributed by atoms with Crippen LogP contribution in [0.1, 0.15) is 19.3 Å². The van der Waals surface area contributed by atoms with Crippen LogP contribution in [0.3, 0.4) is 0 Å². The first-order chi connectivity index (χ1) is 11.4. The summed E-state index contributed by atoms with van der Waals surface area (Å²) in [6, 6.07) is 4.09. The van der Waals surface area contributed by atoms with E-state index in [1.165, 1.54) is 6.07 Å². The number of carboxylic acids is 1. The van der Waals surface area contributed by atoms with Gasteiger partial charge in [-0.1, -0.05) is 23.2 Å². The second kappa shape index (κ2) is 6.70. The van der Waals surface area contributed by atoms with Gasteiger partial charge in [0.05, 0.1) is 34.1 Å². The summed E-state index contributed by atoms with van der Waals surface area (Å²) in [5.41, 5.74) is 0.405. The molecule has 2 aliphatic rings. The van der Waals surface area contributed by atoms with E-state index in [2.05, 4.69) is 0 Å². The fourth-order valence-corrected chi connectivity index (χ4v) is 3.55. The predicted molar refractivity (Wildman–Crippen MR) is 89.3 cm³/mol. The zero-order chi connectivity index (χ0) is 17.4. The number of aliphatic carboxylic acids is 1. The molecule has 0 aromatic heterocycles. The Bertz CT molecular complexity index is 701. The molecule has 0 radical (unpaired) electrons. The highest BCUT2D eigenvalue weighted by Gasteiger charge is 2.44. The number of halogens is 2. The van der Waals surface area contributed by atoms with Crippen LogP contribution in [0.2, 0.25) is 10.0 Å². The predicted octanol–water partition coefficient (Wildman–Crippen LogP) is 2.42. The van der Waals surface area contributed by atoms with Crippen molar-refractivity contribution in [1.29, 1.82) is 0 Å². The van der Waals surface area contributed by atoms with Gasteiger partial charge in [-0.2, -0.15) is 0 Å². The van der Waals surface area contributed by atoms with Crippen molar-refractivity contribution in [2.45, 2.75) is 25.3 Å². The normalized spacial score (nSPS) is 23.1. The van der Waals surface area contributed by atoms with Gasteiger partial charge in [-0.3, -0.25) is 19.3 Å².